The van der Waals surface area contributed by atoms with E-state index in [1.54, 1.807) is 0 Å². The van der Waals surface area contributed by atoms with E-state index in [4.69, 9.17) is 33.0 Å². The van der Waals surface area contributed by atoms with E-state index in [0.717, 1.165) is 0 Å². The Labute approximate surface area is 118 Å². The number of carbonyl (C=O) groups is 2. The van der Waals surface area contributed by atoms with E-state index in [-0.39, 0.29) is 28.9 Å². The molecule has 0 spiro atoms. The molecule has 2 heterocycles. The summed E-state index contributed by atoms with van der Waals surface area (Å²) in [4.78, 5) is 28.3. The van der Waals surface area contributed by atoms with Crippen LogP contribution in [0.1, 0.15) is 10.4 Å². The second-order valence-electron chi connectivity index (χ2n) is 3.92. The monoisotopic (exact) mass is 304 g/mol. The standard InChI is InChI=1S/C11H10Cl2N2O4/c12-7-3-6(4-14-9(7)13)10(16)15-1-2-19-5-8(15)11(17)18/h3-4,8H,1-2,5H2,(H,17,18). The van der Waals surface area contributed by atoms with Crippen molar-refractivity contribution >= 4 is 35.1 Å². The van der Waals surface area contributed by atoms with E-state index >= 15 is 0 Å². The quantitative estimate of drug-likeness (QED) is 0.833. The van der Waals surface area contributed by atoms with Crippen LogP contribution >= 0.6 is 23.2 Å². The van der Waals surface area contributed by atoms with Gasteiger partial charge in [-0.2, -0.15) is 0 Å². The van der Waals surface area contributed by atoms with E-state index in [1.807, 2.05) is 0 Å². The number of morpholine rings is 1. The SMILES string of the molecule is O=C(O)C1COCCN1C(=O)c1cnc(Cl)c(Cl)c1. The number of halogens is 2. The molecule has 2 rings (SSSR count). The van der Waals surface area contributed by atoms with Gasteiger partial charge in [0.1, 0.15) is 5.15 Å². The van der Waals surface area contributed by atoms with Crippen LogP contribution < -0.4 is 0 Å². The lowest BCUT2D eigenvalue weighted by Gasteiger charge is -2.32. The first-order chi connectivity index (χ1) is 9.00. The summed E-state index contributed by atoms with van der Waals surface area (Å²) in [5.74, 6) is -1.57. The molecule has 1 unspecified atom stereocenters. The third-order valence-electron chi connectivity index (χ3n) is 2.72. The number of hydrogen-bond acceptors (Lipinski definition) is 4. The Kier molecular flexibility index (Phi) is 4.24. The van der Waals surface area contributed by atoms with E-state index in [2.05, 4.69) is 4.98 Å². The van der Waals surface area contributed by atoms with Crippen molar-refractivity contribution in [3.05, 3.63) is 28.0 Å². The molecule has 6 nitrogen and oxygen atoms in total. The largest absolute Gasteiger partial charge is 0.480 e. The molecule has 1 amide bonds. The van der Waals surface area contributed by atoms with Gasteiger partial charge in [0.15, 0.2) is 6.04 Å². The molecule has 8 heteroatoms. The summed E-state index contributed by atoms with van der Waals surface area (Å²) in [6.45, 7) is 0.468. The molecule has 1 N–H and O–H groups in total. The van der Waals surface area contributed by atoms with Crippen molar-refractivity contribution in [2.24, 2.45) is 0 Å². The number of aromatic nitrogens is 1. The first kappa shape index (κ1) is 14.0. The molecule has 0 saturated carbocycles. The Morgan fingerprint density at radius 3 is 2.84 bits per heavy atom. The number of pyridine rings is 1. The summed E-state index contributed by atoms with van der Waals surface area (Å²) >= 11 is 11.5. The maximum Gasteiger partial charge on any atom is 0.328 e. The molecule has 1 aliphatic rings. The summed E-state index contributed by atoms with van der Waals surface area (Å²) < 4.78 is 5.06. The topological polar surface area (TPSA) is 79.7 Å². The summed E-state index contributed by atoms with van der Waals surface area (Å²) in [5, 5.41) is 9.31. The molecule has 0 bridgehead atoms. The zero-order valence-electron chi connectivity index (χ0n) is 9.68. The minimum atomic E-state index is -1.11. The van der Waals surface area contributed by atoms with Gasteiger partial charge in [0.05, 0.1) is 23.8 Å². The predicted molar refractivity (Wildman–Crippen MR) is 67.5 cm³/mol. The number of carbonyl (C=O) groups excluding carboxylic acids is 1. The highest BCUT2D eigenvalue weighted by molar-refractivity contribution is 6.41. The summed E-state index contributed by atoms with van der Waals surface area (Å²) in [6, 6.07) is 0.365. The molecule has 1 aromatic heterocycles. The predicted octanol–water partition coefficient (Wildman–Crippen LogP) is 1.31. The second-order valence-corrected chi connectivity index (χ2v) is 4.69. The third-order valence-corrected chi connectivity index (χ3v) is 3.40. The first-order valence-electron chi connectivity index (χ1n) is 5.43. The third kappa shape index (κ3) is 2.97. The van der Waals surface area contributed by atoms with Crippen molar-refractivity contribution < 1.29 is 19.4 Å². The van der Waals surface area contributed by atoms with Crippen LogP contribution in [0.15, 0.2) is 12.3 Å². The number of carboxylic acid groups (broad SMARTS) is 1. The maximum absolute atomic E-state index is 12.2. The Morgan fingerprint density at radius 1 is 1.47 bits per heavy atom. The fourth-order valence-electron chi connectivity index (χ4n) is 1.76. The second kappa shape index (κ2) is 5.73. The molecule has 19 heavy (non-hydrogen) atoms. The van der Waals surface area contributed by atoms with Crippen LogP contribution in [-0.2, 0) is 9.53 Å². The van der Waals surface area contributed by atoms with Crippen LogP contribution in [0.4, 0.5) is 0 Å². The van der Waals surface area contributed by atoms with E-state index in [1.165, 1.54) is 17.2 Å². The van der Waals surface area contributed by atoms with Crippen LogP contribution in [-0.4, -0.2) is 52.7 Å². The lowest BCUT2D eigenvalue weighted by atomic mass is 10.1. The molecule has 1 fully saturated rings. The zero-order chi connectivity index (χ0) is 14.0. The molecular weight excluding hydrogens is 295 g/mol. The molecule has 1 saturated heterocycles. The molecule has 0 radical (unpaired) electrons. The van der Waals surface area contributed by atoms with Crippen LogP contribution in [0.5, 0.6) is 0 Å². The fraction of sp³-hybridized carbons (Fsp3) is 0.364. The van der Waals surface area contributed by atoms with Crippen molar-refractivity contribution in [2.75, 3.05) is 19.8 Å². The minimum absolute atomic E-state index is 0.0319. The van der Waals surface area contributed by atoms with Crippen LogP contribution in [0, 0.1) is 0 Å². The van der Waals surface area contributed by atoms with Gasteiger partial charge in [-0.15, -0.1) is 0 Å². The van der Waals surface area contributed by atoms with Crippen molar-refractivity contribution in [3.8, 4) is 0 Å². The Balaban J connectivity index is 2.26. The number of ether oxygens (including phenoxy) is 1. The van der Waals surface area contributed by atoms with Gasteiger partial charge in [0.2, 0.25) is 0 Å². The van der Waals surface area contributed by atoms with Gasteiger partial charge in [-0.1, -0.05) is 23.2 Å². The number of hydrogen-bond donors (Lipinski definition) is 1. The van der Waals surface area contributed by atoms with Crippen LogP contribution in [0.2, 0.25) is 10.2 Å². The highest BCUT2D eigenvalue weighted by atomic mass is 35.5. The van der Waals surface area contributed by atoms with E-state index in [0.29, 0.717) is 6.61 Å². The van der Waals surface area contributed by atoms with Gasteiger partial charge in [-0.25, -0.2) is 9.78 Å². The van der Waals surface area contributed by atoms with Gasteiger partial charge in [0, 0.05) is 12.7 Å². The van der Waals surface area contributed by atoms with Crippen molar-refractivity contribution in [1.82, 2.24) is 9.88 Å². The Morgan fingerprint density at radius 2 is 2.21 bits per heavy atom. The summed E-state index contributed by atoms with van der Waals surface area (Å²) in [6.07, 6.45) is 1.27. The average molecular weight is 305 g/mol. The molecule has 0 aliphatic carbocycles. The molecule has 102 valence electrons. The number of amides is 1. The lowest BCUT2D eigenvalue weighted by molar-refractivity contribution is -0.147. The fourth-order valence-corrected chi connectivity index (χ4v) is 2.03. The molecular formula is C11H10Cl2N2O4. The van der Waals surface area contributed by atoms with Crippen molar-refractivity contribution in [2.45, 2.75) is 6.04 Å². The smallest absolute Gasteiger partial charge is 0.328 e. The van der Waals surface area contributed by atoms with E-state index < -0.39 is 17.9 Å². The van der Waals surface area contributed by atoms with Gasteiger partial charge in [0.25, 0.3) is 5.91 Å². The average Bonchev–Trinajstić information content (AvgIpc) is 2.41. The van der Waals surface area contributed by atoms with Crippen LogP contribution in [0.25, 0.3) is 0 Å². The first-order valence-corrected chi connectivity index (χ1v) is 6.19. The summed E-state index contributed by atoms with van der Waals surface area (Å²) in [5.41, 5.74) is 0.197. The van der Waals surface area contributed by atoms with E-state index in [9.17, 15) is 9.59 Å². The molecule has 1 aromatic rings. The Bertz CT molecular complexity index is 523. The van der Waals surface area contributed by atoms with Gasteiger partial charge in [-0.05, 0) is 6.07 Å². The summed E-state index contributed by atoms with van der Waals surface area (Å²) in [7, 11) is 0. The normalized spacial score (nSPS) is 19.3. The van der Waals surface area contributed by atoms with Crippen molar-refractivity contribution in [1.29, 1.82) is 0 Å². The highest BCUT2D eigenvalue weighted by Crippen LogP contribution is 2.21. The molecule has 1 atom stereocenters. The van der Waals surface area contributed by atoms with Gasteiger partial charge >= 0.3 is 5.97 Å². The van der Waals surface area contributed by atoms with Crippen molar-refractivity contribution in [3.63, 3.8) is 0 Å². The van der Waals surface area contributed by atoms with Gasteiger partial charge in [-0.3, -0.25) is 4.79 Å². The lowest BCUT2D eigenvalue weighted by Crippen LogP contribution is -2.52. The zero-order valence-corrected chi connectivity index (χ0v) is 11.2. The minimum Gasteiger partial charge on any atom is -0.480 e. The maximum atomic E-state index is 12.2. The molecule has 1 aliphatic heterocycles. The number of nitrogens with zero attached hydrogens (tertiary/aromatic N) is 2. The Hall–Kier alpha value is -1.37. The number of rotatable bonds is 2. The van der Waals surface area contributed by atoms with Gasteiger partial charge < -0.3 is 14.7 Å². The van der Waals surface area contributed by atoms with Crippen LogP contribution in [0.3, 0.4) is 0 Å². The molecule has 0 aromatic carbocycles. The number of carboxylic acids is 1. The number of aliphatic carboxylic acids is 1. The highest BCUT2D eigenvalue weighted by Gasteiger charge is 2.33.